The number of rotatable bonds is 3. The monoisotopic (exact) mass is 290 g/mol. The molecule has 0 amide bonds. The Morgan fingerprint density at radius 1 is 1.26 bits per heavy atom. The number of allylic oxidation sites excluding steroid dienone is 1. The molecule has 0 bridgehead atoms. The molecule has 2 aromatic rings. The van der Waals surface area contributed by atoms with Crippen LogP contribution in [0.5, 0.6) is 0 Å². The van der Waals surface area contributed by atoms with E-state index in [9.17, 15) is 18.0 Å². The van der Waals surface area contributed by atoms with E-state index in [2.05, 4.69) is 6.58 Å². The first-order valence-electron chi connectivity index (χ1n) is 5.40. The number of aromatic nitrogens is 2. The normalized spacial score (nSPS) is 12.0. The van der Waals surface area contributed by atoms with Crippen molar-refractivity contribution in [1.29, 1.82) is 0 Å². The molecule has 7 heteroatoms. The van der Waals surface area contributed by atoms with Crippen molar-refractivity contribution < 1.29 is 13.2 Å². The van der Waals surface area contributed by atoms with Crippen molar-refractivity contribution in [1.82, 2.24) is 9.13 Å². The Bertz CT molecular complexity index is 684. The Hall–Kier alpha value is -1.69. The molecule has 19 heavy (non-hydrogen) atoms. The number of fused-ring (bicyclic) bond motifs is 1. The fourth-order valence-electron chi connectivity index (χ4n) is 1.90. The van der Waals surface area contributed by atoms with Crippen LogP contribution in [0.25, 0.3) is 16.7 Å². The summed E-state index contributed by atoms with van der Waals surface area (Å²) in [6.45, 7) is 3.11. The highest BCUT2D eigenvalue weighted by molar-refractivity contribution is 6.17. The Balaban J connectivity index is 2.78. The van der Waals surface area contributed by atoms with Gasteiger partial charge in [0.2, 0.25) is 0 Å². The van der Waals surface area contributed by atoms with Crippen LogP contribution in [0.1, 0.15) is 0 Å². The molecule has 0 N–H and O–H groups in total. The van der Waals surface area contributed by atoms with Gasteiger partial charge in [-0.15, -0.1) is 11.6 Å². The minimum Gasteiger partial charge on any atom is -0.290 e. The number of para-hydroxylation sites is 2. The molecule has 0 aliphatic rings. The summed E-state index contributed by atoms with van der Waals surface area (Å²) < 4.78 is 40.0. The van der Waals surface area contributed by atoms with E-state index in [1.54, 1.807) is 18.2 Å². The predicted molar refractivity (Wildman–Crippen MR) is 68.3 cm³/mol. The van der Waals surface area contributed by atoms with E-state index < -0.39 is 17.6 Å². The Kier molecular flexibility index (Phi) is 3.45. The molecule has 0 atom stereocenters. The molecule has 0 saturated heterocycles. The summed E-state index contributed by atoms with van der Waals surface area (Å²) in [5.74, 6) is 0.131. The summed E-state index contributed by atoms with van der Waals surface area (Å²) in [6, 6.07) is 6.22. The van der Waals surface area contributed by atoms with Crippen LogP contribution >= 0.6 is 11.6 Å². The van der Waals surface area contributed by atoms with Gasteiger partial charge in [-0.1, -0.05) is 18.7 Å². The lowest BCUT2D eigenvalue weighted by Crippen LogP contribution is -2.28. The standard InChI is InChI=1S/C12H10ClF3N2O/c1-8(12(14,15)16)18-10-5-3-2-4-9(10)17(7-6-13)11(18)19/h2-5H,1,6-7H2. The van der Waals surface area contributed by atoms with E-state index in [1.165, 1.54) is 10.6 Å². The highest BCUT2D eigenvalue weighted by Gasteiger charge is 2.35. The molecule has 2 rings (SSSR count). The highest BCUT2D eigenvalue weighted by Crippen LogP contribution is 2.29. The van der Waals surface area contributed by atoms with Gasteiger partial charge in [-0.25, -0.2) is 4.79 Å². The van der Waals surface area contributed by atoms with Gasteiger partial charge < -0.3 is 0 Å². The number of alkyl halides is 4. The second-order valence-electron chi connectivity index (χ2n) is 3.89. The van der Waals surface area contributed by atoms with E-state index in [1.807, 2.05) is 0 Å². The summed E-state index contributed by atoms with van der Waals surface area (Å²) >= 11 is 5.57. The topological polar surface area (TPSA) is 26.9 Å². The summed E-state index contributed by atoms with van der Waals surface area (Å²) in [7, 11) is 0. The number of aryl methyl sites for hydroxylation is 1. The third kappa shape index (κ3) is 2.28. The van der Waals surface area contributed by atoms with Crippen LogP contribution in [-0.4, -0.2) is 21.2 Å². The van der Waals surface area contributed by atoms with Crippen molar-refractivity contribution in [3.05, 3.63) is 41.3 Å². The van der Waals surface area contributed by atoms with E-state index in [4.69, 9.17) is 11.6 Å². The van der Waals surface area contributed by atoms with Crippen LogP contribution < -0.4 is 5.69 Å². The van der Waals surface area contributed by atoms with E-state index in [-0.39, 0.29) is 17.9 Å². The van der Waals surface area contributed by atoms with Crippen LogP contribution in [0.15, 0.2) is 35.6 Å². The fraction of sp³-hybridized carbons (Fsp3) is 0.250. The van der Waals surface area contributed by atoms with Crippen molar-refractivity contribution >= 4 is 28.3 Å². The van der Waals surface area contributed by atoms with Crippen molar-refractivity contribution in [2.75, 3.05) is 5.88 Å². The Labute approximate surface area is 111 Å². The second-order valence-corrected chi connectivity index (χ2v) is 4.27. The molecular weight excluding hydrogens is 281 g/mol. The van der Waals surface area contributed by atoms with Gasteiger partial charge in [0, 0.05) is 12.4 Å². The van der Waals surface area contributed by atoms with Gasteiger partial charge in [0.05, 0.1) is 11.0 Å². The average molecular weight is 291 g/mol. The maximum absolute atomic E-state index is 12.7. The molecule has 0 aliphatic heterocycles. The molecule has 0 aliphatic carbocycles. The van der Waals surface area contributed by atoms with Gasteiger partial charge in [0.1, 0.15) is 5.70 Å². The summed E-state index contributed by atoms with van der Waals surface area (Å²) in [5.41, 5.74) is -1.43. The molecule has 102 valence electrons. The molecule has 0 unspecified atom stereocenters. The number of benzene rings is 1. The van der Waals surface area contributed by atoms with Crippen LogP contribution in [0.3, 0.4) is 0 Å². The van der Waals surface area contributed by atoms with Crippen LogP contribution in [-0.2, 0) is 6.54 Å². The van der Waals surface area contributed by atoms with Crippen LogP contribution in [0.4, 0.5) is 13.2 Å². The number of halogens is 4. The minimum absolute atomic E-state index is 0.131. The zero-order chi connectivity index (χ0) is 14.2. The summed E-state index contributed by atoms with van der Waals surface area (Å²) in [5, 5.41) is 0. The quantitative estimate of drug-likeness (QED) is 0.798. The van der Waals surface area contributed by atoms with Crippen molar-refractivity contribution in [3.8, 4) is 0 Å². The maximum atomic E-state index is 12.7. The van der Waals surface area contributed by atoms with Gasteiger partial charge >= 0.3 is 11.9 Å². The van der Waals surface area contributed by atoms with E-state index in [0.717, 1.165) is 0 Å². The van der Waals surface area contributed by atoms with Gasteiger partial charge in [0.25, 0.3) is 0 Å². The molecule has 0 spiro atoms. The Morgan fingerprint density at radius 2 is 1.84 bits per heavy atom. The Morgan fingerprint density at radius 3 is 2.37 bits per heavy atom. The number of nitrogens with zero attached hydrogens (tertiary/aromatic N) is 2. The minimum atomic E-state index is -4.67. The molecule has 3 nitrogen and oxygen atoms in total. The van der Waals surface area contributed by atoms with Gasteiger partial charge in [-0.05, 0) is 12.1 Å². The third-order valence-electron chi connectivity index (χ3n) is 2.74. The maximum Gasteiger partial charge on any atom is 0.431 e. The van der Waals surface area contributed by atoms with Crippen LogP contribution in [0, 0.1) is 0 Å². The average Bonchev–Trinajstić information content (AvgIpc) is 2.61. The zero-order valence-corrected chi connectivity index (χ0v) is 10.5. The predicted octanol–water partition coefficient (Wildman–Crippen LogP) is 3.07. The number of hydrogen-bond donors (Lipinski definition) is 0. The lowest BCUT2D eigenvalue weighted by molar-refractivity contribution is -0.0733. The second kappa shape index (κ2) is 4.77. The smallest absolute Gasteiger partial charge is 0.290 e. The zero-order valence-electron chi connectivity index (χ0n) is 9.75. The first kappa shape index (κ1) is 13.7. The lowest BCUT2D eigenvalue weighted by Gasteiger charge is -2.10. The molecule has 1 aromatic carbocycles. The first-order chi connectivity index (χ1) is 8.88. The molecule has 0 saturated carbocycles. The fourth-order valence-corrected chi connectivity index (χ4v) is 2.07. The van der Waals surface area contributed by atoms with Crippen molar-refractivity contribution in [2.24, 2.45) is 0 Å². The lowest BCUT2D eigenvalue weighted by atomic mass is 10.3. The first-order valence-corrected chi connectivity index (χ1v) is 5.94. The summed E-state index contributed by atoms with van der Waals surface area (Å²) in [6.07, 6.45) is -4.67. The molecule has 1 aromatic heterocycles. The highest BCUT2D eigenvalue weighted by atomic mass is 35.5. The molecule has 0 fully saturated rings. The van der Waals surface area contributed by atoms with Gasteiger partial charge in [-0.3, -0.25) is 9.13 Å². The summed E-state index contributed by atoms with van der Waals surface area (Å²) in [4.78, 5) is 12.1. The van der Waals surface area contributed by atoms with Gasteiger partial charge in [0.15, 0.2) is 0 Å². The number of imidazole rings is 1. The third-order valence-corrected chi connectivity index (χ3v) is 2.91. The SMILES string of the molecule is C=C(n1c(=O)n(CCCl)c2ccccc21)C(F)(F)F. The van der Waals surface area contributed by atoms with Crippen molar-refractivity contribution in [3.63, 3.8) is 0 Å². The molecular formula is C12H10ClF3N2O. The van der Waals surface area contributed by atoms with E-state index >= 15 is 0 Å². The van der Waals surface area contributed by atoms with E-state index in [0.29, 0.717) is 10.1 Å². The molecule has 1 heterocycles. The van der Waals surface area contributed by atoms with Crippen molar-refractivity contribution in [2.45, 2.75) is 12.7 Å². The largest absolute Gasteiger partial charge is 0.431 e. The van der Waals surface area contributed by atoms with Crippen LogP contribution in [0.2, 0.25) is 0 Å². The number of hydrogen-bond acceptors (Lipinski definition) is 1. The molecule has 0 radical (unpaired) electrons. The van der Waals surface area contributed by atoms with Gasteiger partial charge in [-0.2, -0.15) is 13.2 Å².